The quantitative estimate of drug-likeness (QED) is 0.211. The van der Waals surface area contributed by atoms with Gasteiger partial charge in [0, 0.05) is 6.07 Å². The second-order valence-electron chi connectivity index (χ2n) is 2.14. The Labute approximate surface area is 79.1 Å². The Balaban J connectivity index is 3.01. The molecule has 0 aliphatic rings. The summed E-state index contributed by atoms with van der Waals surface area (Å²) in [5.74, 6) is 0.728. The van der Waals surface area contributed by atoms with E-state index in [2.05, 4.69) is 9.97 Å². The van der Waals surface area contributed by atoms with Gasteiger partial charge in [-0.25, -0.2) is 4.98 Å². The maximum absolute atomic E-state index is 7.03. The van der Waals surface area contributed by atoms with Gasteiger partial charge in [0.15, 0.2) is 5.17 Å². The first-order chi connectivity index (χ1) is 5.58. The minimum atomic E-state index is 0.0162. The molecule has 1 heterocycles. The summed E-state index contributed by atoms with van der Waals surface area (Å²) in [4.78, 5) is 6.96. The lowest BCUT2D eigenvalue weighted by Gasteiger charge is -1.98. The van der Waals surface area contributed by atoms with Crippen LogP contribution in [0.15, 0.2) is 11.1 Å². The van der Waals surface area contributed by atoms with Crippen LogP contribution in [0.5, 0.6) is 0 Å². The molecule has 0 aliphatic carbocycles. The highest BCUT2D eigenvalue weighted by Gasteiger charge is 1.98. The summed E-state index contributed by atoms with van der Waals surface area (Å²) in [5, 5.41) is 7.70. The van der Waals surface area contributed by atoms with Gasteiger partial charge in [-0.3, -0.25) is 5.41 Å². The SMILES string of the molecule is Cc1nc(SC(=N)N)cc(=S)[nH]1. The summed E-state index contributed by atoms with van der Waals surface area (Å²) in [6.07, 6.45) is 0. The third kappa shape index (κ3) is 2.63. The molecule has 1 rings (SSSR count). The summed E-state index contributed by atoms with van der Waals surface area (Å²) in [7, 11) is 0. The normalized spacial score (nSPS) is 9.75. The summed E-state index contributed by atoms with van der Waals surface area (Å²) in [6.45, 7) is 1.81. The standard InChI is InChI=1S/C6H8N4S2/c1-3-9-4(11)2-5(10-3)12-6(7)8/h2H,1H3,(H3,7,8)(H,9,10,11). The number of aromatic amines is 1. The maximum Gasteiger partial charge on any atom is 0.157 e. The molecule has 4 N–H and O–H groups in total. The van der Waals surface area contributed by atoms with Crippen molar-refractivity contribution >= 4 is 29.1 Å². The Bertz CT molecular complexity index is 357. The number of hydrogen-bond acceptors (Lipinski definition) is 4. The van der Waals surface area contributed by atoms with E-state index in [9.17, 15) is 0 Å². The number of aryl methyl sites for hydroxylation is 1. The molecule has 0 radical (unpaired) electrons. The fourth-order valence-corrected chi connectivity index (χ4v) is 1.64. The number of aromatic nitrogens is 2. The van der Waals surface area contributed by atoms with Crippen molar-refractivity contribution in [2.24, 2.45) is 5.73 Å². The summed E-state index contributed by atoms with van der Waals surface area (Å²) in [5.41, 5.74) is 5.19. The molecule has 0 bridgehead atoms. The smallest absolute Gasteiger partial charge is 0.157 e. The van der Waals surface area contributed by atoms with E-state index in [4.69, 9.17) is 23.4 Å². The second kappa shape index (κ2) is 3.68. The zero-order valence-electron chi connectivity index (χ0n) is 6.42. The van der Waals surface area contributed by atoms with E-state index in [-0.39, 0.29) is 5.17 Å². The van der Waals surface area contributed by atoms with Gasteiger partial charge in [-0.1, -0.05) is 12.2 Å². The van der Waals surface area contributed by atoms with Gasteiger partial charge in [0.1, 0.15) is 15.5 Å². The molecule has 0 fully saturated rings. The monoisotopic (exact) mass is 200 g/mol. The van der Waals surface area contributed by atoms with Crippen molar-refractivity contribution in [1.82, 2.24) is 9.97 Å². The van der Waals surface area contributed by atoms with E-state index in [1.54, 1.807) is 13.0 Å². The van der Waals surface area contributed by atoms with Gasteiger partial charge in [-0.05, 0) is 18.7 Å². The van der Waals surface area contributed by atoms with E-state index < -0.39 is 0 Å². The highest BCUT2D eigenvalue weighted by atomic mass is 32.2. The topological polar surface area (TPSA) is 78.6 Å². The summed E-state index contributed by atoms with van der Waals surface area (Å²) in [6, 6.07) is 1.67. The number of H-pyrrole nitrogens is 1. The van der Waals surface area contributed by atoms with E-state index in [0.29, 0.717) is 9.67 Å². The summed E-state index contributed by atoms with van der Waals surface area (Å²) < 4.78 is 0.603. The number of hydrogen-bond donors (Lipinski definition) is 3. The van der Waals surface area contributed by atoms with E-state index in [0.717, 1.165) is 17.6 Å². The Morgan fingerprint density at radius 2 is 2.50 bits per heavy atom. The second-order valence-corrected chi connectivity index (χ2v) is 3.64. The van der Waals surface area contributed by atoms with Gasteiger partial charge < -0.3 is 10.7 Å². The average Bonchev–Trinajstić information content (AvgIpc) is 1.81. The molecule has 0 aromatic carbocycles. The van der Waals surface area contributed by atoms with Crippen LogP contribution in [0.25, 0.3) is 0 Å². The minimum Gasteiger partial charge on any atom is -0.378 e. The highest BCUT2D eigenvalue weighted by Crippen LogP contribution is 2.13. The molecule has 1 aromatic heterocycles. The van der Waals surface area contributed by atoms with Gasteiger partial charge in [0.05, 0.1) is 0 Å². The first kappa shape index (κ1) is 9.21. The molecule has 1 aromatic rings. The Kier molecular flexibility index (Phi) is 2.83. The fourth-order valence-electron chi connectivity index (χ4n) is 0.717. The van der Waals surface area contributed by atoms with Crippen molar-refractivity contribution in [2.45, 2.75) is 11.9 Å². The van der Waals surface area contributed by atoms with Crippen molar-refractivity contribution in [1.29, 1.82) is 5.41 Å². The average molecular weight is 200 g/mol. The molecule has 0 saturated carbocycles. The van der Waals surface area contributed by atoms with Gasteiger partial charge in [0.25, 0.3) is 0 Å². The van der Waals surface area contributed by atoms with E-state index in [1.165, 1.54) is 0 Å². The number of rotatable bonds is 1. The van der Waals surface area contributed by atoms with E-state index in [1.807, 2.05) is 0 Å². The first-order valence-electron chi connectivity index (χ1n) is 3.18. The van der Waals surface area contributed by atoms with E-state index >= 15 is 0 Å². The minimum absolute atomic E-state index is 0.0162. The molecule has 64 valence electrons. The zero-order valence-corrected chi connectivity index (χ0v) is 8.05. The molecule has 0 saturated heterocycles. The van der Waals surface area contributed by atoms with Crippen LogP contribution in [0, 0.1) is 17.0 Å². The van der Waals surface area contributed by atoms with Crippen LogP contribution < -0.4 is 5.73 Å². The van der Waals surface area contributed by atoms with Crippen LogP contribution in [-0.2, 0) is 0 Å². The third-order valence-electron chi connectivity index (χ3n) is 1.05. The number of nitrogens with zero attached hydrogens (tertiary/aromatic N) is 1. The molecule has 0 atom stereocenters. The molecule has 0 aliphatic heterocycles. The Hall–Kier alpha value is -0.880. The first-order valence-corrected chi connectivity index (χ1v) is 4.40. The van der Waals surface area contributed by atoms with Gasteiger partial charge in [-0.2, -0.15) is 0 Å². The van der Waals surface area contributed by atoms with Gasteiger partial charge in [-0.15, -0.1) is 0 Å². The molecule has 4 nitrogen and oxygen atoms in total. The molecule has 6 heteroatoms. The third-order valence-corrected chi connectivity index (χ3v) is 1.91. The molecular weight excluding hydrogens is 192 g/mol. The largest absolute Gasteiger partial charge is 0.378 e. The lowest BCUT2D eigenvalue weighted by atomic mass is 10.6. The fraction of sp³-hybridized carbons (Fsp3) is 0.167. The van der Waals surface area contributed by atoms with Crippen LogP contribution in [0.3, 0.4) is 0 Å². The number of nitrogens with two attached hydrogens (primary N) is 1. The predicted octanol–water partition coefficient (Wildman–Crippen LogP) is 1.43. The molecule has 0 spiro atoms. The maximum atomic E-state index is 7.03. The molecular formula is C6H8N4S2. The Morgan fingerprint density at radius 1 is 1.83 bits per heavy atom. The van der Waals surface area contributed by atoms with Crippen molar-refractivity contribution in [3.05, 3.63) is 16.5 Å². The lowest BCUT2D eigenvalue weighted by molar-refractivity contribution is 0.960. The van der Waals surface area contributed by atoms with Crippen LogP contribution in [0.1, 0.15) is 5.82 Å². The number of amidine groups is 1. The lowest BCUT2D eigenvalue weighted by Crippen LogP contribution is -2.04. The number of nitrogens with one attached hydrogen (secondary N) is 2. The predicted molar refractivity (Wildman–Crippen MR) is 51.9 cm³/mol. The van der Waals surface area contributed by atoms with Gasteiger partial charge in [0.2, 0.25) is 0 Å². The Morgan fingerprint density at radius 3 is 3.00 bits per heavy atom. The zero-order chi connectivity index (χ0) is 9.14. The molecule has 0 amide bonds. The van der Waals surface area contributed by atoms with Crippen molar-refractivity contribution in [2.75, 3.05) is 0 Å². The number of thioether (sulfide) groups is 1. The van der Waals surface area contributed by atoms with Crippen molar-refractivity contribution < 1.29 is 0 Å². The van der Waals surface area contributed by atoms with Crippen LogP contribution >= 0.6 is 24.0 Å². The van der Waals surface area contributed by atoms with Gasteiger partial charge >= 0.3 is 0 Å². The highest BCUT2D eigenvalue weighted by molar-refractivity contribution is 8.13. The van der Waals surface area contributed by atoms with Crippen LogP contribution in [0.2, 0.25) is 0 Å². The van der Waals surface area contributed by atoms with Crippen LogP contribution in [0.4, 0.5) is 0 Å². The van der Waals surface area contributed by atoms with Crippen molar-refractivity contribution in [3.63, 3.8) is 0 Å². The summed E-state index contributed by atoms with van der Waals surface area (Å²) >= 11 is 6.01. The molecule has 12 heavy (non-hydrogen) atoms. The molecule has 0 unspecified atom stereocenters. The van der Waals surface area contributed by atoms with Crippen molar-refractivity contribution in [3.8, 4) is 0 Å². The van der Waals surface area contributed by atoms with Crippen LogP contribution in [-0.4, -0.2) is 15.1 Å².